The van der Waals surface area contributed by atoms with Gasteiger partial charge in [-0.1, -0.05) is 0 Å². The number of fused-ring (bicyclic) bond motifs is 1. The molecule has 0 saturated heterocycles. The average Bonchev–Trinajstić information content (AvgIpc) is 2.90. The second kappa shape index (κ2) is 7.31. The Kier molecular flexibility index (Phi) is 5.64. The van der Waals surface area contributed by atoms with Gasteiger partial charge in [-0.3, -0.25) is 9.89 Å². The Morgan fingerprint density at radius 2 is 2.30 bits per heavy atom. The van der Waals surface area contributed by atoms with Crippen LogP contribution in [-0.4, -0.2) is 47.6 Å². The zero-order valence-electron chi connectivity index (χ0n) is 12.7. The number of ether oxygens (including phenoxy) is 1. The molecule has 2 rings (SSSR count). The number of nitrogens with zero attached hydrogens (tertiary/aromatic N) is 1. The van der Waals surface area contributed by atoms with E-state index in [1.165, 1.54) is 7.11 Å². The van der Waals surface area contributed by atoms with E-state index in [-0.39, 0.29) is 31.0 Å². The van der Waals surface area contributed by atoms with E-state index < -0.39 is 23.9 Å². The summed E-state index contributed by atoms with van der Waals surface area (Å²) in [5.74, 6) is -0.810. The Bertz CT molecular complexity index is 545. The van der Waals surface area contributed by atoms with Crippen LogP contribution < -0.4 is 5.32 Å². The van der Waals surface area contributed by atoms with Crippen molar-refractivity contribution in [3.05, 3.63) is 17.0 Å². The average molecular weight is 335 g/mol. The zero-order chi connectivity index (χ0) is 17.0. The molecular formula is C14H20F3N3O3. The molecule has 6 nitrogen and oxygen atoms in total. The maximum Gasteiger partial charge on any atom is 0.435 e. The SMILES string of the molecule is COCC(O)CCNC(=O)C1CCc2[nH]nc(C(F)(F)F)c2C1. The van der Waals surface area contributed by atoms with Gasteiger partial charge < -0.3 is 15.2 Å². The number of rotatable bonds is 6. The number of nitrogens with one attached hydrogen (secondary N) is 2. The van der Waals surface area contributed by atoms with Crippen molar-refractivity contribution >= 4 is 5.91 Å². The first-order chi connectivity index (χ1) is 10.8. The molecule has 1 aromatic rings. The molecule has 0 spiro atoms. The minimum Gasteiger partial charge on any atom is -0.391 e. The van der Waals surface area contributed by atoms with Crippen LogP contribution in [0.2, 0.25) is 0 Å². The second-order valence-corrected chi connectivity index (χ2v) is 5.66. The van der Waals surface area contributed by atoms with Crippen LogP contribution in [0.15, 0.2) is 0 Å². The van der Waals surface area contributed by atoms with Crippen molar-refractivity contribution in [2.24, 2.45) is 5.92 Å². The maximum absolute atomic E-state index is 12.9. The van der Waals surface area contributed by atoms with Gasteiger partial charge in [0.1, 0.15) is 0 Å². The third-order valence-corrected chi connectivity index (χ3v) is 3.92. The molecule has 0 saturated carbocycles. The summed E-state index contributed by atoms with van der Waals surface area (Å²) in [5, 5.41) is 17.9. The highest BCUT2D eigenvalue weighted by atomic mass is 19.4. The van der Waals surface area contributed by atoms with Crippen LogP contribution in [0.3, 0.4) is 0 Å². The number of carbonyl (C=O) groups excluding carboxylic acids is 1. The van der Waals surface area contributed by atoms with Gasteiger partial charge in [-0.15, -0.1) is 0 Å². The van der Waals surface area contributed by atoms with Crippen LogP contribution in [0, 0.1) is 5.92 Å². The third-order valence-electron chi connectivity index (χ3n) is 3.92. The van der Waals surface area contributed by atoms with Crippen LogP contribution in [0.25, 0.3) is 0 Å². The molecule has 9 heteroatoms. The van der Waals surface area contributed by atoms with Crippen LogP contribution in [0.5, 0.6) is 0 Å². The van der Waals surface area contributed by atoms with E-state index in [9.17, 15) is 23.1 Å². The predicted molar refractivity (Wildman–Crippen MR) is 74.6 cm³/mol. The first-order valence-electron chi connectivity index (χ1n) is 7.41. The Labute approximate surface area is 131 Å². The topological polar surface area (TPSA) is 87.2 Å². The van der Waals surface area contributed by atoms with E-state index in [1.807, 2.05) is 0 Å². The number of hydrogen-bond acceptors (Lipinski definition) is 4. The van der Waals surface area contributed by atoms with Crippen LogP contribution in [0.1, 0.15) is 29.8 Å². The number of aromatic nitrogens is 2. The summed E-state index contributed by atoms with van der Waals surface area (Å²) < 4.78 is 43.4. The summed E-state index contributed by atoms with van der Waals surface area (Å²) in [6, 6.07) is 0. The lowest BCUT2D eigenvalue weighted by atomic mass is 9.85. The Morgan fingerprint density at radius 1 is 1.57 bits per heavy atom. The van der Waals surface area contributed by atoms with E-state index in [4.69, 9.17) is 4.74 Å². The maximum atomic E-state index is 12.9. The third kappa shape index (κ3) is 4.44. The molecule has 130 valence electrons. The van der Waals surface area contributed by atoms with Gasteiger partial charge in [-0.25, -0.2) is 0 Å². The van der Waals surface area contributed by atoms with Gasteiger partial charge in [0.2, 0.25) is 5.91 Å². The van der Waals surface area contributed by atoms with Crippen LogP contribution in [-0.2, 0) is 28.5 Å². The quantitative estimate of drug-likeness (QED) is 0.725. The van der Waals surface area contributed by atoms with Gasteiger partial charge in [-0.05, 0) is 25.7 Å². The molecule has 1 aliphatic carbocycles. The molecule has 0 fully saturated rings. The second-order valence-electron chi connectivity index (χ2n) is 5.66. The monoisotopic (exact) mass is 335 g/mol. The molecular weight excluding hydrogens is 315 g/mol. The van der Waals surface area contributed by atoms with Crippen molar-refractivity contribution in [1.29, 1.82) is 0 Å². The van der Waals surface area contributed by atoms with Gasteiger partial charge in [0.25, 0.3) is 0 Å². The molecule has 0 aliphatic heterocycles. The standard InChI is InChI=1S/C14H20F3N3O3/c1-23-7-9(21)4-5-18-13(22)8-2-3-11-10(6-8)12(20-19-11)14(15,16)17/h8-9,21H,2-7H2,1H3,(H,18,22)(H,19,20). The highest BCUT2D eigenvalue weighted by Crippen LogP contribution is 2.36. The Hall–Kier alpha value is -1.61. The van der Waals surface area contributed by atoms with Crippen LogP contribution >= 0.6 is 0 Å². The number of hydrogen-bond donors (Lipinski definition) is 3. The molecule has 0 bridgehead atoms. The first kappa shape index (κ1) is 17.7. The lowest BCUT2D eigenvalue weighted by molar-refractivity contribution is -0.142. The largest absolute Gasteiger partial charge is 0.435 e. The minimum atomic E-state index is -4.52. The first-order valence-corrected chi connectivity index (χ1v) is 7.41. The highest BCUT2D eigenvalue weighted by molar-refractivity contribution is 5.79. The number of alkyl halides is 3. The summed E-state index contributed by atoms with van der Waals surface area (Å²) in [4.78, 5) is 12.1. The van der Waals surface area contributed by atoms with E-state index in [1.54, 1.807) is 0 Å². The summed E-state index contributed by atoms with van der Waals surface area (Å²) in [6.45, 7) is 0.427. The Balaban J connectivity index is 1.91. The van der Waals surface area contributed by atoms with Gasteiger partial charge in [0.15, 0.2) is 5.69 Å². The molecule has 2 unspecified atom stereocenters. The molecule has 2 atom stereocenters. The molecule has 1 heterocycles. The van der Waals surface area contributed by atoms with E-state index in [2.05, 4.69) is 15.5 Å². The smallest absolute Gasteiger partial charge is 0.391 e. The van der Waals surface area contributed by atoms with Crippen molar-refractivity contribution in [3.8, 4) is 0 Å². The number of aliphatic hydroxyl groups excluding tert-OH is 1. The van der Waals surface area contributed by atoms with Gasteiger partial charge in [0.05, 0.1) is 12.7 Å². The number of carbonyl (C=O) groups is 1. The number of aromatic amines is 1. The number of amides is 1. The summed E-state index contributed by atoms with van der Waals surface area (Å²) in [5.41, 5.74) is -0.388. The number of aryl methyl sites for hydroxylation is 1. The number of aliphatic hydroxyl groups is 1. The summed E-state index contributed by atoms with van der Waals surface area (Å²) in [6.07, 6.45) is -4.01. The fourth-order valence-electron chi connectivity index (χ4n) is 2.74. The van der Waals surface area contributed by atoms with Crippen molar-refractivity contribution in [2.75, 3.05) is 20.3 Å². The normalized spacial score (nSPS) is 19.3. The van der Waals surface area contributed by atoms with E-state index in [0.29, 0.717) is 25.0 Å². The van der Waals surface area contributed by atoms with Gasteiger partial charge in [-0.2, -0.15) is 18.3 Å². The lowest BCUT2D eigenvalue weighted by Crippen LogP contribution is -2.36. The molecule has 0 radical (unpaired) electrons. The molecule has 1 aromatic heterocycles. The van der Waals surface area contributed by atoms with Gasteiger partial charge >= 0.3 is 6.18 Å². The predicted octanol–water partition coefficient (Wildman–Crippen LogP) is 1.05. The number of methoxy groups -OCH3 is 1. The molecule has 23 heavy (non-hydrogen) atoms. The highest BCUT2D eigenvalue weighted by Gasteiger charge is 2.40. The molecule has 1 aliphatic rings. The fraction of sp³-hybridized carbons (Fsp3) is 0.714. The van der Waals surface area contributed by atoms with Crippen molar-refractivity contribution in [3.63, 3.8) is 0 Å². The molecule has 3 N–H and O–H groups in total. The minimum absolute atomic E-state index is 0.0210. The van der Waals surface area contributed by atoms with Crippen molar-refractivity contribution < 1.29 is 27.8 Å². The van der Waals surface area contributed by atoms with Crippen LogP contribution in [0.4, 0.5) is 13.2 Å². The summed E-state index contributed by atoms with van der Waals surface area (Å²) in [7, 11) is 1.46. The zero-order valence-corrected chi connectivity index (χ0v) is 12.7. The fourth-order valence-corrected chi connectivity index (χ4v) is 2.74. The lowest BCUT2D eigenvalue weighted by Gasteiger charge is -2.22. The molecule has 1 amide bonds. The number of H-pyrrole nitrogens is 1. The molecule has 0 aromatic carbocycles. The number of halogens is 3. The Morgan fingerprint density at radius 3 is 2.96 bits per heavy atom. The van der Waals surface area contributed by atoms with Crippen molar-refractivity contribution in [2.45, 2.75) is 38.0 Å². The van der Waals surface area contributed by atoms with Crippen molar-refractivity contribution in [1.82, 2.24) is 15.5 Å². The van der Waals surface area contributed by atoms with E-state index >= 15 is 0 Å². The summed E-state index contributed by atoms with van der Waals surface area (Å²) >= 11 is 0. The van der Waals surface area contributed by atoms with Gasteiger partial charge in [0, 0.05) is 30.8 Å². The van der Waals surface area contributed by atoms with E-state index in [0.717, 1.165) is 0 Å².